The van der Waals surface area contributed by atoms with Crippen LogP contribution in [0, 0.1) is 0 Å². The van der Waals surface area contributed by atoms with Crippen LogP contribution in [0.4, 0.5) is 5.69 Å². The Morgan fingerprint density at radius 3 is 2.20 bits per heavy atom. The van der Waals surface area contributed by atoms with Gasteiger partial charge in [-0.1, -0.05) is 18.2 Å². The molecule has 5 heteroatoms. The first-order valence-electron chi connectivity index (χ1n) is 8.62. The van der Waals surface area contributed by atoms with Crippen molar-refractivity contribution in [3.8, 4) is 11.5 Å². The first-order chi connectivity index (χ1) is 12.2. The Bertz CT molecular complexity index is 665. The molecule has 2 aromatic rings. The molecule has 0 atom stereocenters. The Morgan fingerprint density at radius 2 is 1.56 bits per heavy atom. The molecule has 1 aliphatic heterocycles. The molecule has 1 fully saturated rings. The number of rotatable bonds is 6. The van der Waals surface area contributed by atoms with Crippen LogP contribution in [-0.2, 0) is 9.53 Å². The van der Waals surface area contributed by atoms with E-state index in [0.717, 1.165) is 44.2 Å². The van der Waals surface area contributed by atoms with E-state index in [-0.39, 0.29) is 5.97 Å². The van der Waals surface area contributed by atoms with Crippen LogP contribution in [0.2, 0.25) is 0 Å². The zero-order valence-corrected chi connectivity index (χ0v) is 14.6. The molecule has 0 N–H and O–H groups in total. The van der Waals surface area contributed by atoms with Crippen molar-refractivity contribution in [3.05, 3.63) is 54.6 Å². The lowest BCUT2D eigenvalue weighted by Gasteiger charge is -2.36. The van der Waals surface area contributed by atoms with Gasteiger partial charge in [0, 0.05) is 38.4 Å². The summed E-state index contributed by atoms with van der Waals surface area (Å²) in [5.74, 6) is 1.54. The van der Waals surface area contributed by atoms with Gasteiger partial charge in [0.25, 0.3) is 0 Å². The van der Waals surface area contributed by atoms with Gasteiger partial charge in [-0.15, -0.1) is 0 Å². The van der Waals surface area contributed by atoms with E-state index in [0.29, 0.717) is 6.42 Å². The summed E-state index contributed by atoms with van der Waals surface area (Å²) in [4.78, 5) is 15.9. The van der Waals surface area contributed by atoms with E-state index in [1.165, 1.54) is 12.8 Å². The van der Waals surface area contributed by atoms with Gasteiger partial charge in [-0.2, -0.15) is 0 Å². The van der Waals surface area contributed by atoms with Crippen LogP contribution < -0.4 is 9.64 Å². The van der Waals surface area contributed by atoms with Crippen LogP contribution in [0.5, 0.6) is 11.5 Å². The molecule has 2 aromatic carbocycles. The monoisotopic (exact) mass is 340 g/mol. The fourth-order valence-corrected chi connectivity index (χ4v) is 2.93. The lowest BCUT2D eigenvalue weighted by molar-refractivity contribution is -0.141. The normalized spacial score (nSPS) is 15.0. The zero-order valence-electron chi connectivity index (χ0n) is 14.6. The van der Waals surface area contributed by atoms with Gasteiger partial charge >= 0.3 is 5.97 Å². The second-order valence-electron chi connectivity index (χ2n) is 6.06. The number of nitrogens with zero attached hydrogens (tertiary/aromatic N) is 2. The van der Waals surface area contributed by atoms with Crippen molar-refractivity contribution in [1.82, 2.24) is 4.90 Å². The average Bonchev–Trinajstić information content (AvgIpc) is 2.68. The Hall–Kier alpha value is -2.53. The largest absolute Gasteiger partial charge is 0.469 e. The maximum Gasteiger partial charge on any atom is 0.306 e. The van der Waals surface area contributed by atoms with E-state index < -0.39 is 0 Å². The highest BCUT2D eigenvalue weighted by Gasteiger charge is 2.18. The van der Waals surface area contributed by atoms with E-state index >= 15 is 0 Å². The number of piperazine rings is 1. The van der Waals surface area contributed by atoms with Crippen LogP contribution in [0.1, 0.15) is 6.42 Å². The van der Waals surface area contributed by atoms with Crippen LogP contribution in [0.15, 0.2) is 54.6 Å². The highest BCUT2D eigenvalue weighted by atomic mass is 16.5. The molecule has 1 saturated heterocycles. The number of carbonyl (C=O) groups excluding carboxylic acids is 1. The lowest BCUT2D eigenvalue weighted by Crippen LogP contribution is -2.46. The maximum absolute atomic E-state index is 11.2. The third-order valence-electron chi connectivity index (χ3n) is 4.41. The summed E-state index contributed by atoms with van der Waals surface area (Å²) in [6, 6.07) is 18.0. The number of ether oxygens (including phenoxy) is 2. The minimum absolute atomic E-state index is 0.142. The molecule has 0 aliphatic carbocycles. The van der Waals surface area contributed by atoms with Gasteiger partial charge in [0.15, 0.2) is 0 Å². The SMILES string of the molecule is COC(=O)CCN1CCN(c2ccc(Oc3ccccc3)cc2)CC1. The van der Waals surface area contributed by atoms with Gasteiger partial charge in [-0.25, -0.2) is 0 Å². The van der Waals surface area contributed by atoms with Gasteiger partial charge in [-0.05, 0) is 36.4 Å². The highest BCUT2D eigenvalue weighted by Crippen LogP contribution is 2.24. The van der Waals surface area contributed by atoms with Crippen LogP contribution in [0.25, 0.3) is 0 Å². The molecule has 1 aliphatic rings. The van der Waals surface area contributed by atoms with Gasteiger partial charge < -0.3 is 14.4 Å². The summed E-state index contributed by atoms with van der Waals surface area (Å²) in [5.41, 5.74) is 1.20. The molecule has 0 unspecified atom stereocenters. The van der Waals surface area contributed by atoms with Crippen molar-refractivity contribution in [2.75, 3.05) is 44.7 Å². The summed E-state index contributed by atoms with van der Waals surface area (Å²) in [6.45, 7) is 4.60. The Morgan fingerprint density at radius 1 is 0.920 bits per heavy atom. The second kappa shape index (κ2) is 8.53. The Kier molecular flexibility index (Phi) is 5.90. The predicted octanol–water partition coefficient (Wildman–Crippen LogP) is 3.16. The van der Waals surface area contributed by atoms with Crippen molar-refractivity contribution < 1.29 is 14.3 Å². The molecule has 3 rings (SSSR count). The maximum atomic E-state index is 11.2. The number of carbonyl (C=O) groups is 1. The Balaban J connectivity index is 1.49. The molecule has 0 bridgehead atoms. The van der Waals surface area contributed by atoms with Crippen molar-refractivity contribution in [3.63, 3.8) is 0 Å². The number of hydrogen-bond acceptors (Lipinski definition) is 5. The van der Waals surface area contributed by atoms with E-state index in [1.54, 1.807) is 0 Å². The smallest absolute Gasteiger partial charge is 0.306 e. The lowest BCUT2D eigenvalue weighted by atomic mass is 10.2. The van der Waals surface area contributed by atoms with Crippen molar-refractivity contribution in [1.29, 1.82) is 0 Å². The minimum Gasteiger partial charge on any atom is -0.469 e. The predicted molar refractivity (Wildman–Crippen MR) is 98.2 cm³/mol. The van der Waals surface area contributed by atoms with Crippen molar-refractivity contribution in [2.24, 2.45) is 0 Å². The van der Waals surface area contributed by atoms with E-state index in [4.69, 9.17) is 9.47 Å². The highest BCUT2D eigenvalue weighted by molar-refractivity contribution is 5.69. The zero-order chi connectivity index (χ0) is 17.5. The molecule has 0 amide bonds. The molecule has 0 aromatic heterocycles. The molecule has 0 radical (unpaired) electrons. The molecular formula is C20H24N2O3. The summed E-state index contributed by atoms with van der Waals surface area (Å²) < 4.78 is 10.5. The number of hydrogen-bond donors (Lipinski definition) is 0. The fraction of sp³-hybridized carbons (Fsp3) is 0.350. The molecule has 0 saturated carbocycles. The van der Waals surface area contributed by atoms with Crippen molar-refractivity contribution >= 4 is 11.7 Å². The third kappa shape index (κ3) is 4.97. The third-order valence-corrected chi connectivity index (χ3v) is 4.41. The van der Waals surface area contributed by atoms with Gasteiger partial charge in [0.05, 0.1) is 13.5 Å². The average molecular weight is 340 g/mol. The topological polar surface area (TPSA) is 42.0 Å². The number of para-hydroxylation sites is 1. The van der Waals surface area contributed by atoms with Gasteiger partial charge in [0.2, 0.25) is 0 Å². The van der Waals surface area contributed by atoms with E-state index in [1.807, 2.05) is 42.5 Å². The molecule has 5 nitrogen and oxygen atoms in total. The first kappa shape index (κ1) is 17.3. The minimum atomic E-state index is -0.142. The molecular weight excluding hydrogens is 316 g/mol. The second-order valence-corrected chi connectivity index (χ2v) is 6.06. The first-order valence-corrected chi connectivity index (χ1v) is 8.62. The molecule has 0 spiro atoms. The number of anilines is 1. The summed E-state index contributed by atoms with van der Waals surface area (Å²) >= 11 is 0. The van der Waals surface area contributed by atoms with Crippen LogP contribution >= 0.6 is 0 Å². The number of methoxy groups -OCH3 is 1. The van der Waals surface area contributed by atoms with Gasteiger partial charge in [0.1, 0.15) is 11.5 Å². The van der Waals surface area contributed by atoms with E-state index in [9.17, 15) is 4.79 Å². The Labute approximate surface area is 148 Å². The summed E-state index contributed by atoms with van der Waals surface area (Å²) in [6.07, 6.45) is 0.460. The van der Waals surface area contributed by atoms with Crippen molar-refractivity contribution in [2.45, 2.75) is 6.42 Å². The molecule has 25 heavy (non-hydrogen) atoms. The van der Waals surface area contributed by atoms with Gasteiger partial charge in [-0.3, -0.25) is 9.69 Å². The summed E-state index contributed by atoms with van der Waals surface area (Å²) in [5, 5.41) is 0. The van der Waals surface area contributed by atoms with E-state index in [2.05, 4.69) is 21.9 Å². The number of esters is 1. The van der Waals surface area contributed by atoms with Crippen LogP contribution in [0.3, 0.4) is 0 Å². The fourth-order valence-electron chi connectivity index (χ4n) is 2.93. The summed E-state index contributed by atoms with van der Waals surface area (Å²) in [7, 11) is 1.44. The quantitative estimate of drug-likeness (QED) is 0.756. The standard InChI is InChI=1S/C20H24N2O3/c1-24-20(23)11-12-21-13-15-22(16-14-21)17-7-9-19(10-8-17)25-18-5-3-2-4-6-18/h2-10H,11-16H2,1H3. The molecule has 1 heterocycles. The molecule has 132 valence electrons. The number of benzene rings is 2. The van der Waals surface area contributed by atoms with Crippen LogP contribution in [-0.4, -0.2) is 50.7 Å².